The first-order valence-corrected chi connectivity index (χ1v) is 9.79. The standard InChI is InChI=1S/C22H29N3O.BrH/c1-19-12-17-25(18-13-19)21-10-8-20(9-11-21)23-22(26)7-3-6-16-24-14-4-2-5-15-24;/h2,4-5,8-11,14-15,19H,3,6-7,12-13,16-18H2,1H3;1H. The average Bonchev–Trinajstić information content (AvgIpc) is 2.67. The summed E-state index contributed by atoms with van der Waals surface area (Å²) in [7, 11) is 0. The highest BCUT2D eigenvalue weighted by molar-refractivity contribution is 5.90. The van der Waals surface area contributed by atoms with E-state index in [9.17, 15) is 4.79 Å². The highest BCUT2D eigenvalue weighted by atomic mass is 79.9. The van der Waals surface area contributed by atoms with E-state index in [2.05, 4.69) is 46.2 Å². The van der Waals surface area contributed by atoms with E-state index < -0.39 is 0 Å². The number of carbonyl (C=O) groups is 1. The van der Waals surface area contributed by atoms with E-state index in [-0.39, 0.29) is 22.9 Å². The average molecular weight is 432 g/mol. The molecule has 0 spiro atoms. The first-order valence-electron chi connectivity index (χ1n) is 9.79. The first kappa shape index (κ1) is 21.4. The van der Waals surface area contributed by atoms with Crippen molar-refractivity contribution in [1.82, 2.24) is 0 Å². The van der Waals surface area contributed by atoms with Crippen LogP contribution in [0.15, 0.2) is 54.9 Å². The maximum absolute atomic E-state index is 12.1. The number of halogens is 1. The molecule has 2 aromatic rings. The Morgan fingerprint density at radius 2 is 1.74 bits per heavy atom. The van der Waals surface area contributed by atoms with Crippen molar-refractivity contribution in [2.24, 2.45) is 5.92 Å². The van der Waals surface area contributed by atoms with Crippen molar-refractivity contribution in [2.75, 3.05) is 23.3 Å². The van der Waals surface area contributed by atoms with Crippen LogP contribution in [-0.2, 0) is 11.3 Å². The van der Waals surface area contributed by atoms with Gasteiger partial charge >= 0.3 is 0 Å². The van der Waals surface area contributed by atoms with Crippen LogP contribution in [0.5, 0.6) is 0 Å². The Labute approximate surface area is 173 Å². The van der Waals surface area contributed by atoms with E-state index in [0.717, 1.165) is 44.1 Å². The van der Waals surface area contributed by atoms with Crippen molar-refractivity contribution in [3.63, 3.8) is 0 Å². The molecule has 0 atom stereocenters. The van der Waals surface area contributed by atoms with Crippen LogP contribution in [-0.4, -0.2) is 19.0 Å². The number of carbonyl (C=O) groups excluding carboxylic acids is 1. The topological polar surface area (TPSA) is 36.2 Å². The molecule has 1 aliphatic heterocycles. The van der Waals surface area contributed by atoms with Gasteiger partial charge in [-0.15, -0.1) is 0 Å². The third kappa shape index (κ3) is 6.98. The number of nitrogens with zero attached hydrogens (tertiary/aromatic N) is 2. The lowest BCUT2D eigenvalue weighted by molar-refractivity contribution is -0.697. The predicted molar refractivity (Wildman–Crippen MR) is 106 cm³/mol. The molecule has 1 aromatic carbocycles. The molecule has 1 saturated heterocycles. The summed E-state index contributed by atoms with van der Waals surface area (Å²) in [5.41, 5.74) is 2.15. The zero-order chi connectivity index (χ0) is 18.2. The number of hydrogen-bond acceptors (Lipinski definition) is 2. The predicted octanol–water partition coefficient (Wildman–Crippen LogP) is 1.02. The highest BCUT2D eigenvalue weighted by Crippen LogP contribution is 2.24. The van der Waals surface area contributed by atoms with Crippen LogP contribution >= 0.6 is 0 Å². The van der Waals surface area contributed by atoms with Crippen LogP contribution in [0.25, 0.3) is 0 Å². The third-order valence-corrected chi connectivity index (χ3v) is 5.15. The summed E-state index contributed by atoms with van der Waals surface area (Å²) in [5.74, 6) is 0.938. The molecule has 0 saturated carbocycles. The molecule has 5 heteroatoms. The van der Waals surface area contributed by atoms with Gasteiger partial charge in [0.2, 0.25) is 5.91 Å². The van der Waals surface area contributed by atoms with Gasteiger partial charge in [-0.3, -0.25) is 4.79 Å². The minimum atomic E-state index is 0. The summed E-state index contributed by atoms with van der Waals surface area (Å²) < 4.78 is 2.15. The summed E-state index contributed by atoms with van der Waals surface area (Å²) in [6, 6.07) is 14.4. The molecule has 3 rings (SSSR count). The van der Waals surface area contributed by atoms with Crippen molar-refractivity contribution >= 4 is 17.3 Å². The molecule has 0 aliphatic carbocycles. The SMILES string of the molecule is CC1CCN(c2ccc(NC(=O)CCCC[n+]3ccccc3)cc2)CC1.[Br-]. The molecule has 0 bridgehead atoms. The summed E-state index contributed by atoms with van der Waals surface area (Å²) >= 11 is 0. The number of benzene rings is 1. The maximum Gasteiger partial charge on any atom is 0.224 e. The van der Waals surface area contributed by atoms with E-state index in [0.29, 0.717) is 6.42 Å². The van der Waals surface area contributed by atoms with Gasteiger partial charge in [-0.25, -0.2) is 4.57 Å². The number of hydrogen-bond donors (Lipinski definition) is 1. The smallest absolute Gasteiger partial charge is 0.224 e. The molecule has 1 aliphatic rings. The number of piperidine rings is 1. The minimum Gasteiger partial charge on any atom is -1.00 e. The van der Waals surface area contributed by atoms with Crippen LogP contribution in [0.1, 0.15) is 39.0 Å². The van der Waals surface area contributed by atoms with Gasteiger partial charge in [0.25, 0.3) is 0 Å². The lowest BCUT2D eigenvalue weighted by Crippen LogP contribution is -3.00. The quantitative estimate of drug-likeness (QED) is 0.524. The fraction of sp³-hybridized carbons (Fsp3) is 0.455. The van der Waals surface area contributed by atoms with Crippen LogP contribution < -0.4 is 31.8 Å². The number of unbranched alkanes of at least 4 members (excludes halogenated alkanes) is 1. The molecule has 1 fully saturated rings. The number of pyridine rings is 1. The largest absolute Gasteiger partial charge is 1.00 e. The maximum atomic E-state index is 12.1. The molecule has 0 radical (unpaired) electrons. The summed E-state index contributed by atoms with van der Waals surface area (Å²) in [6.07, 6.45) is 9.13. The number of aryl methyl sites for hydroxylation is 1. The van der Waals surface area contributed by atoms with E-state index in [4.69, 9.17) is 0 Å². The number of nitrogens with one attached hydrogen (secondary N) is 1. The molecule has 4 nitrogen and oxygen atoms in total. The highest BCUT2D eigenvalue weighted by Gasteiger charge is 2.15. The fourth-order valence-electron chi connectivity index (χ4n) is 3.41. The molecular formula is C22H30BrN3O. The Hall–Kier alpha value is -1.88. The Morgan fingerprint density at radius 1 is 1.07 bits per heavy atom. The summed E-state index contributed by atoms with van der Waals surface area (Å²) in [6.45, 7) is 5.55. The molecule has 0 unspecified atom stereocenters. The monoisotopic (exact) mass is 431 g/mol. The van der Waals surface area contributed by atoms with E-state index >= 15 is 0 Å². The lowest BCUT2D eigenvalue weighted by atomic mass is 9.99. The molecule has 27 heavy (non-hydrogen) atoms. The van der Waals surface area contributed by atoms with Crippen molar-refractivity contribution in [2.45, 2.75) is 45.6 Å². The van der Waals surface area contributed by atoms with Gasteiger partial charge in [-0.2, -0.15) is 0 Å². The van der Waals surface area contributed by atoms with Crippen LogP contribution in [0.2, 0.25) is 0 Å². The first-order chi connectivity index (χ1) is 12.7. The van der Waals surface area contributed by atoms with Crippen LogP contribution in [0, 0.1) is 5.92 Å². The normalized spacial score (nSPS) is 14.5. The van der Waals surface area contributed by atoms with Gasteiger partial charge in [0, 0.05) is 49.4 Å². The zero-order valence-corrected chi connectivity index (χ0v) is 17.7. The Bertz CT molecular complexity index is 682. The van der Waals surface area contributed by atoms with Gasteiger partial charge in [0.05, 0.1) is 0 Å². The number of rotatable bonds is 7. The zero-order valence-electron chi connectivity index (χ0n) is 16.1. The second-order valence-corrected chi connectivity index (χ2v) is 7.34. The molecular weight excluding hydrogens is 402 g/mol. The molecule has 1 aromatic heterocycles. The number of aromatic nitrogens is 1. The second-order valence-electron chi connectivity index (χ2n) is 7.34. The fourth-order valence-corrected chi connectivity index (χ4v) is 3.41. The van der Waals surface area contributed by atoms with Crippen molar-refractivity contribution in [3.8, 4) is 0 Å². The Balaban J connectivity index is 0.00000261. The van der Waals surface area contributed by atoms with Gasteiger partial charge in [-0.1, -0.05) is 13.0 Å². The number of anilines is 2. The Kier molecular flexibility index (Phi) is 8.79. The van der Waals surface area contributed by atoms with Crippen LogP contribution in [0.3, 0.4) is 0 Å². The van der Waals surface area contributed by atoms with E-state index in [1.165, 1.54) is 18.5 Å². The van der Waals surface area contributed by atoms with Crippen molar-refractivity contribution in [1.29, 1.82) is 0 Å². The molecule has 1 N–H and O–H groups in total. The molecule has 2 heterocycles. The van der Waals surface area contributed by atoms with E-state index in [1.807, 2.05) is 30.3 Å². The molecule has 146 valence electrons. The molecule has 1 amide bonds. The number of amides is 1. The van der Waals surface area contributed by atoms with Gasteiger partial charge in [0.1, 0.15) is 6.54 Å². The van der Waals surface area contributed by atoms with Crippen LogP contribution in [0.4, 0.5) is 11.4 Å². The van der Waals surface area contributed by atoms with E-state index in [1.54, 1.807) is 0 Å². The summed E-state index contributed by atoms with van der Waals surface area (Å²) in [4.78, 5) is 14.6. The third-order valence-electron chi connectivity index (χ3n) is 5.15. The Morgan fingerprint density at radius 3 is 2.41 bits per heavy atom. The van der Waals surface area contributed by atoms with Crippen molar-refractivity contribution < 1.29 is 26.3 Å². The van der Waals surface area contributed by atoms with Gasteiger partial charge in [0.15, 0.2) is 12.4 Å². The minimum absolute atomic E-state index is 0. The second kappa shape index (κ2) is 11.1. The lowest BCUT2D eigenvalue weighted by Gasteiger charge is -2.32. The van der Waals surface area contributed by atoms with Gasteiger partial charge in [-0.05, 0) is 49.4 Å². The van der Waals surface area contributed by atoms with Crippen molar-refractivity contribution in [3.05, 3.63) is 54.9 Å². The summed E-state index contributed by atoms with van der Waals surface area (Å²) in [5, 5.41) is 3.01. The van der Waals surface area contributed by atoms with Gasteiger partial charge < -0.3 is 27.2 Å².